The van der Waals surface area contributed by atoms with Crippen LogP contribution in [0.5, 0.6) is 5.75 Å². The molecule has 0 aromatic heterocycles. The Hall–Kier alpha value is -1.91. The Kier molecular flexibility index (Phi) is 5.35. The molecule has 0 aliphatic carbocycles. The largest absolute Gasteiger partial charge is 0.485 e. The number of hydrogen-bond donors (Lipinski definition) is 0. The molecule has 3 rings (SSSR count). The van der Waals surface area contributed by atoms with E-state index in [1.165, 1.54) is 5.69 Å². The van der Waals surface area contributed by atoms with Crippen molar-refractivity contribution in [2.45, 2.75) is 64.6 Å². The van der Waals surface area contributed by atoms with Crippen LogP contribution in [-0.4, -0.2) is 48.4 Å². The van der Waals surface area contributed by atoms with E-state index in [0.717, 1.165) is 44.5 Å². The third-order valence-corrected chi connectivity index (χ3v) is 5.19. The van der Waals surface area contributed by atoms with Gasteiger partial charge < -0.3 is 19.3 Å². The highest BCUT2D eigenvalue weighted by Gasteiger charge is 2.41. The van der Waals surface area contributed by atoms with Gasteiger partial charge in [-0.05, 0) is 39.3 Å². The van der Waals surface area contributed by atoms with E-state index in [0.29, 0.717) is 13.1 Å². The molecular formula is C21H32N2O3. The van der Waals surface area contributed by atoms with Crippen LogP contribution in [0.4, 0.5) is 10.5 Å². The normalized spacial score (nSPS) is 19.5. The highest BCUT2D eigenvalue weighted by Crippen LogP contribution is 2.40. The van der Waals surface area contributed by atoms with Crippen LogP contribution in [0.25, 0.3) is 0 Å². The van der Waals surface area contributed by atoms with Crippen LogP contribution in [0, 0.1) is 0 Å². The van der Waals surface area contributed by atoms with Crippen molar-refractivity contribution >= 4 is 11.8 Å². The molecule has 26 heavy (non-hydrogen) atoms. The lowest BCUT2D eigenvalue weighted by molar-refractivity contribution is -0.0186. The summed E-state index contributed by atoms with van der Waals surface area (Å²) in [6.07, 6.45) is 3.59. The van der Waals surface area contributed by atoms with Crippen LogP contribution >= 0.6 is 0 Å². The van der Waals surface area contributed by atoms with Crippen LogP contribution < -0.4 is 9.64 Å². The van der Waals surface area contributed by atoms with Crippen LogP contribution in [-0.2, 0) is 4.74 Å². The molecule has 5 heteroatoms. The Labute approximate surface area is 157 Å². The first-order valence-corrected chi connectivity index (χ1v) is 9.83. The van der Waals surface area contributed by atoms with E-state index in [4.69, 9.17) is 9.47 Å². The van der Waals surface area contributed by atoms with E-state index >= 15 is 0 Å². The fourth-order valence-corrected chi connectivity index (χ4v) is 3.83. The number of likely N-dealkylation sites (tertiary alicyclic amines) is 1. The average molecular weight is 360 g/mol. The van der Waals surface area contributed by atoms with Crippen LogP contribution in [0.1, 0.15) is 53.4 Å². The van der Waals surface area contributed by atoms with E-state index in [-0.39, 0.29) is 11.7 Å². The van der Waals surface area contributed by atoms with Gasteiger partial charge in [0, 0.05) is 45.4 Å². The number of amides is 1. The first-order valence-electron chi connectivity index (χ1n) is 9.83. The zero-order valence-electron chi connectivity index (χ0n) is 16.6. The van der Waals surface area contributed by atoms with Gasteiger partial charge in [-0.2, -0.15) is 0 Å². The molecule has 1 fully saturated rings. The SMILES string of the molecule is CCCN1CCC2(CCN(C(=O)OC(C)(C)C)CC2)Oc2ccccc21. The van der Waals surface area contributed by atoms with Crippen molar-refractivity contribution < 1.29 is 14.3 Å². The van der Waals surface area contributed by atoms with Gasteiger partial charge in [0.1, 0.15) is 17.0 Å². The Morgan fingerprint density at radius 3 is 2.46 bits per heavy atom. The first kappa shape index (κ1) is 18.9. The average Bonchev–Trinajstić information content (AvgIpc) is 2.72. The predicted octanol–water partition coefficient (Wildman–Crippen LogP) is 4.46. The minimum atomic E-state index is -0.454. The summed E-state index contributed by atoms with van der Waals surface area (Å²) in [5.41, 5.74) is 0.558. The number of fused-ring (bicyclic) bond motifs is 1. The molecule has 0 bridgehead atoms. The lowest BCUT2D eigenvalue weighted by Crippen LogP contribution is -2.51. The van der Waals surface area contributed by atoms with Gasteiger partial charge >= 0.3 is 6.09 Å². The summed E-state index contributed by atoms with van der Waals surface area (Å²) < 4.78 is 12.1. The zero-order chi connectivity index (χ0) is 18.8. The van der Waals surface area contributed by atoms with E-state index in [2.05, 4.69) is 30.0 Å². The number of anilines is 1. The molecular weight excluding hydrogens is 328 g/mol. The van der Waals surface area contributed by atoms with Crippen LogP contribution in [0.2, 0.25) is 0 Å². The molecule has 0 N–H and O–H groups in total. The Morgan fingerprint density at radius 2 is 1.81 bits per heavy atom. The molecule has 0 saturated carbocycles. The summed E-state index contributed by atoms with van der Waals surface area (Å²) in [5.74, 6) is 0.976. The van der Waals surface area contributed by atoms with Crippen molar-refractivity contribution in [3.8, 4) is 5.75 Å². The molecule has 0 unspecified atom stereocenters. The number of rotatable bonds is 2. The van der Waals surface area contributed by atoms with Gasteiger partial charge in [0.15, 0.2) is 0 Å². The summed E-state index contributed by atoms with van der Waals surface area (Å²) in [6, 6.07) is 8.34. The summed E-state index contributed by atoms with van der Waals surface area (Å²) in [5, 5.41) is 0. The first-order chi connectivity index (χ1) is 12.3. The molecule has 2 heterocycles. The molecule has 1 amide bonds. The second kappa shape index (κ2) is 7.37. The van der Waals surface area contributed by atoms with Crippen LogP contribution in [0.3, 0.4) is 0 Å². The fourth-order valence-electron chi connectivity index (χ4n) is 3.83. The maximum atomic E-state index is 12.3. The second-order valence-corrected chi connectivity index (χ2v) is 8.46. The molecule has 1 aromatic carbocycles. The topological polar surface area (TPSA) is 42.0 Å². The van der Waals surface area contributed by atoms with Gasteiger partial charge in [0.2, 0.25) is 0 Å². The number of para-hydroxylation sites is 2. The molecule has 1 saturated heterocycles. The van der Waals surface area contributed by atoms with E-state index in [1.807, 2.05) is 31.7 Å². The number of carbonyl (C=O) groups excluding carboxylic acids is 1. The fraction of sp³-hybridized carbons (Fsp3) is 0.667. The van der Waals surface area contributed by atoms with Gasteiger partial charge in [0.25, 0.3) is 0 Å². The molecule has 2 aliphatic rings. The Morgan fingerprint density at radius 1 is 1.15 bits per heavy atom. The minimum Gasteiger partial charge on any atom is -0.485 e. The maximum Gasteiger partial charge on any atom is 0.410 e. The van der Waals surface area contributed by atoms with Gasteiger partial charge in [0.05, 0.1) is 5.69 Å². The lowest BCUT2D eigenvalue weighted by Gasteiger charge is -2.41. The highest BCUT2D eigenvalue weighted by molar-refractivity contribution is 5.68. The smallest absolute Gasteiger partial charge is 0.410 e. The number of carbonyl (C=O) groups is 1. The molecule has 2 aliphatic heterocycles. The number of piperidine rings is 1. The van der Waals surface area contributed by atoms with Crippen molar-refractivity contribution in [1.82, 2.24) is 4.90 Å². The molecule has 0 atom stereocenters. The second-order valence-electron chi connectivity index (χ2n) is 8.46. The van der Waals surface area contributed by atoms with E-state index in [1.54, 1.807) is 0 Å². The third-order valence-electron chi connectivity index (χ3n) is 5.19. The van der Waals surface area contributed by atoms with Gasteiger partial charge in [-0.25, -0.2) is 4.79 Å². The van der Waals surface area contributed by atoms with Gasteiger partial charge in [-0.15, -0.1) is 0 Å². The monoisotopic (exact) mass is 360 g/mol. The standard InChI is InChI=1S/C21H32N2O3/c1-5-13-22-14-10-21(25-18-9-7-6-8-17(18)22)11-15-23(16-12-21)19(24)26-20(2,3)4/h6-9H,5,10-16H2,1-4H3. The summed E-state index contributed by atoms with van der Waals surface area (Å²) in [4.78, 5) is 16.6. The predicted molar refractivity (Wildman–Crippen MR) is 104 cm³/mol. The van der Waals surface area contributed by atoms with E-state index < -0.39 is 5.60 Å². The van der Waals surface area contributed by atoms with Gasteiger partial charge in [-0.3, -0.25) is 0 Å². The summed E-state index contributed by atoms with van der Waals surface area (Å²) in [6.45, 7) is 11.3. The zero-order valence-corrected chi connectivity index (χ0v) is 16.6. The number of hydrogen-bond acceptors (Lipinski definition) is 4. The number of nitrogens with zero attached hydrogens (tertiary/aromatic N) is 2. The quantitative estimate of drug-likeness (QED) is 0.781. The Balaban J connectivity index is 1.70. The summed E-state index contributed by atoms with van der Waals surface area (Å²) in [7, 11) is 0. The maximum absolute atomic E-state index is 12.3. The molecule has 1 aromatic rings. The summed E-state index contributed by atoms with van der Waals surface area (Å²) >= 11 is 0. The molecule has 1 spiro atoms. The van der Waals surface area contributed by atoms with Crippen molar-refractivity contribution in [2.24, 2.45) is 0 Å². The van der Waals surface area contributed by atoms with Crippen molar-refractivity contribution in [3.63, 3.8) is 0 Å². The molecule has 144 valence electrons. The van der Waals surface area contributed by atoms with Gasteiger partial charge in [-0.1, -0.05) is 19.1 Å². The number of benzene rings is 1. The molecule has 0 radical (unpaired) electrons. The van der Waals surface area contributed by atoms with Crippen LogP contribution in [0.15, 0.2) is 24.3 Å². The van der Waals surface area contributed by atoms with Crippen molar-refractivity contribution in [1.29, 1.82) is 0 Å². The Bertz CT molecular complexity index is 630. The van der Waals surface area contributed by atoms with E-state index in [9.17, 15) is 4.79 Å². The molecule has 5 nitrogen and oxygen atoms in total. The highest BCUT2D eigenvalue weighted by atomic mass is 16.6. The third kappa shape index (κ3) is 4.25. The number of ether oxygens (including phenoxy) is 2. The van der Waals surface area contributed by atoms with Crippen molar-refractivity contribution in [2.75, 3.05) is 31.1 Å². The lowest BCUT2D eigenvalue weighted by atomic mass is 9.88. The van der Waals surface area contributed by atoms with Crippen molar-refractivity contribution in [3.05, 3.63) is 24.3 Å². The minimum absolute atomic E-state index is 0.183.